The number of hydrogen-bond acceptors (Lipinski definition) is 3. The number of nitrogens with one attached hydrogen (secondary N) is 1. The number of carbonyl (C=O) groups is 1. The van der Waals surface area contributed by atoms with Crippen LogP contribution in [0.3, 0.4) is 0 Å². The van der Waals surface area contributed by atoms with Crippen LogP contribution < -0.4 is 5.32 Å². The Morgan fingerprint density at radius 2 is 2.10 bits per heavy atom. The minimum atomic E-state index is 0.0369. The first-order chi connectivity index (χ1) is 9.43. The first-order valence-corrected chi connectivity index (χ1v) is 7.98. The molecule has 0 atom stereocenters. The van der Waals surface area contributed by atoms with Crippen LogP contribution >= 0.6 is 11.3 Å². The normalized spacial score (nSPS) is 12.1. The number of thiophene rings is 1. The average molecular weight is 295 g/mol. The van der Waals surface area contributed by atoms with Crippen molar-refractivity contribution in [3.8, 4) is 0 Å². The van der Waals surface area contributed by atoms with E-state index >= 15 is 0 Å². The highest BCUT2D eigenvalue weighted by atomic mass is 32.1. The highest BCUT2D eigenvalue weighted by molar-refractivity contribution is 7.12. The predicted molar refractivity (Wildman–Crippen MR) is 86.5 cm³/mol. The monoisotopic (exact) mass is 295 g/mol. The molecule has 0 aliphatic carbocycles. The highest BCUT2D eigenvalue weighted by Crippen LogP contribution is 2.14. The molecule has 5 heteroatoms. The number of amidine groups is 1. The summed E-state index contributed by atoms with van der Waals surface area (Å²) in [7, 11) is 0. The van der Waals surface area contributed by atoms with Crippen LogP contribution in [0, 0.1) is 0 Å². The summed E-state index contributed by atoms with van der Waals surface area (Å²) in [5.41, 5.74) is 0. The summed E-state index contributed by atoms with van der Waals surface area (Å²) in [6.07, 6.45) is 0. The van der Waals surface area contributed by atoms with Gasteiger partial charge in [0.25, 0.3) is 0 Å². The molecule has 0 aliphatic heterocycles. The zero-order chi connectivity index (χ0) is 15.1. The number of hydrogen-bond donors (Lipinski definition) is 1. The van der Waals surface area contributed by atoms with Crippen molar-refractivity contribution in [1.82, 2.24) is 10.2 Å². The molecule has 0 bridgehead atoms. The maximum atomic E-state index is 12.0. The second-order valence-electron chi connectivity index (χ2n) is 5.26. The summed E-state index contributed by atoms with van der Waals surface area (Å²) in [4.78, 5) is 19.8. The van der Waals surface area contributed by atoms with E-state index in [0.29, 0.717) is 6.54 Å². The molecule has 0 saturated carbocycles. The smallest absolute Gasteiger partial charge is 0.239 e. The Balaban J connectivity index is 2.90. The van der Waals surface area contributed by atoms with E-state index in [1.807, 2.05) is 37.1 Å². The Morgan fingerprint density at radius 1 is 1.40 bits per heavy atom. The summed E-state index contributed by atoms with van der Waals surface area (Å²) in [5.74, 6) is 0.950. The van der Waals surface area contributed by atoms with E-state index in [4.69, 9.17) is 4.99 Å². The molecule has 1 heterocycles. The maximum Gasteiger partial charge on any atom is 0.239 e. The molecule has 0 unspecified atom stereocenters. The number of rotatable bonds is 6. The van der Waals surface area contributed by atoms with Gasteiger partial charge in [-0.1, -0.05) is 6.07 Å². The summed E-state index contributed by atoms with van der Waals surface area (Å²) >= 11 is 1.65. The summed E-state index contributed by atoms with van der Waals surface area (Å²) < 4.78 is 0. The zero-order valence-corrected chi connectivity index (χ0v) is 13.8. The highest BCUT2D eigenvalue weighted by Gasteiger charge is 2.17. The molecular weight excluding hydrogens is 270 g/mol. The molecule has 0 spiro atoms. The molecular formula is C15H25N3OS. The van der Waals surface area contributed by atoms with Gasteiger partial charge in [-0.05, 0) is 46.1 Å². The van der Waals surface area contributed by atoms with Crippen LogP contribution in [-0.2, 0) is 4.79 Å². The third-order valence-electron chi connectivity index (χ3n) is 2.59. The van der Waals surface area contributed by atoms with E-state index in [2.05, 4.69) is 25.2 Å². The fraction of sp³-hybridized carbons (Fsp3) is 0.600. The minimum Gasteiger partial charge on any atom is -0.352 e. The molecule has 1 rings (SSSR count). The van der Waals surface area contributed by atoms with Crippen molar-refractivity contribution >= 4 is 23.1 Å². The quantitative estimate of drug-likeness (QED) is 0.648. The molecule has 1 aromatic heterocycles. The number of carbonyl (C=O) groups excluding carboxylic acids is 1. The average Bonchev–Trinajstić information content (AvgIpc) is 2.85. The van der Waals surface area contributed by atoms with Crippen LogP contribution in [0.4, 0.5) is 0 Å². The molecule has 0 aliphatic rings. The van der Waals surface area contributed by atoms with E-state index in [1.54, 1.807) is 11.3 Å². The second-order valence-corrected chi connectivity index (χ2v) is 6.21. The lowest BCUT2D eigenvalue weighted by Crippen LogP contribution is -2.43. The van der Waals surface area contributed by atoms with Gasteiger partial charge in [0.1, 0.15) is 5.84 Å². The van der Waals surface area contributed by atoms with Gasteiger partial charge >= 0.3 is 0 Å². The topological polar surface area (TPSA) is 44.7 Å². The largest absolute Gasteiger partial charge is 0.352 e. The molecule has 4 nitrogen and oxygen atoms in total. The van der Waals surface area contributed by atoms with Crippen molar-refractivity contribution in [2.75, 3.05) is 13.1 Å². The number of aliphatic imine (C=N–C) groups is 1. The number of amides is 1. The van der Waals surface area contributed by atoms with Crippen molar-refractivity contribution in [1.29, 1.82) is 0 Å². The van der Waals surface area contributed by atoms with Crippen molar-refractivity contribution in [3.05, 3.63) is 22.4 Å². The second kappa shape index (κ2) is 8.04. The van der Waals surface area contributed by atoms with Gasteiger partial charge in [0.2, 0.25) is 5.91 Å². The SMILES string of the molecule is CCN(CC(=O)NC(C)C)C(=NC(C)C)c1cccs1. The molecule has 0 radical (unpaired) electrons. The first-order valence-electron chi connectivity index (χ1n) is 7.10. The number of nitrogens with zero attached hydrogens (tertiary/aromatic N) is 2. The van der Waals surface area contributed by atoms with Gasteiger partial charge in [-0.3, -0.25) is 9.79 Å². The summed E-state index contributed by atoms with van der Waals surface area (Å²) in [6, 6.07) is 4.43. The van der Waals surface area contributed by atoms with Crippen LogP contribution in [0.2, 0.25) is 0 Å². The Kier molecular flexibility index (Phi) is 6.71. The third-order valence-corrected chi connectivity index (χ3v) is 3.45. The fourth-order valence-corrected chi connectivity index (χ4v) is 2.58. The molecule has 1 N–H and O–H groups in total. The van der Waals surface area contributed by atoms with E-state index in [1.165, 1.54) is 0 Å². The summed E-state index contributed by atoms with van der Waals surface area (Å²) in [5, 5.41) is 4.96. The van der Waals surface area contributed by atoms with Crippen molar-refractivity contribution in [2.45, 2.75) is 46.7 Å². The Bertz CT molecular complexity index is 438. The maximum absolute atomic E-state index is 12.0. The van der Waals surface area contributed by atoms with Crippen LogP contribution in [0.25, 0.3) is 0 Å². The van der Waals surface area contributed by atoms with Crippen LogP contribution in [-0.4, -0.2) is 41.8 Å². The fourth-order valence-electron chi connectivity index (χ4n) is 1.83. The summed E-state index contributed by atoms with van der Waals surface area (Å²) in [6.45, 7) is 11.2. The van der Waals surface area contributed by atoms with E-state index in [0.717, 1.165) is 17.3 Å². The van der Waals surface area contributed by atoms with Gasteiger partial charge in [-0.15, -0.1) is 11.3 Å². The number of likely N-dealkylation sites (N-methyl/N-ethyl adjacent to an activating group) is 1. The van der Waals surface area contributed by atoms with Gasteiger partial charge in [-0.2, -0.15) is 0 Å². The lowest BCUT2D eigenvalue weighted by molar-refractivity contribution is -0.121. The first kappa shape index (κ1) is 16.7. The van der Waals surface area contributed by atoms with Gasteiger partial charge in [0, 0.05) is 18.6 Å². The molecule has 0 aromatic carbocycles. The Labute approximate surface area is 125 Å². The van der Waals surface area contributed by atoms with Crippen molar-refractivity contribution in [3.63, 3.8) is 0 Å². The third kappa shape index (κ3) is 5.33. The van der Waals surface area contributed by atoms with Gasteiger partial charge in [0.05, 0.1) is 11.4 Å². The van der Waals surface area contributed by atoms with E-state index in [9.17, 15) is 4.79 Å². The lowest BCUT2D eigenvalue weighted by atomic mass is 10.3. The molecule has 0 fully saturated rings. The Morgan fingerprint density at radius 3 is 2.55 bits per heavy atom. The zero-order valence-electron chi connectivity index (χ0n) is 13.0. The van der Waals surface area contributed by atoms with Crippen molar-refractivity contribution in [2.24, 2.45) is 4.99 Å². The molecule has 0 saturated heterocycles. The molecule has 1 aromatic rings. The molecule has 1 amide bonds. The van der Waals surface area contributed by atoms with E-state index in [-0.39, 0.29) is 18.0 Å². The standard InChI is InChI=1S/C15H25N3OS/c1-6-18(10-14(19)16-11(2)3)15(17-12(4)5)13-8-7-9-20-13/h7-9,11-12H,6,10H2,1-5H3,(H,16,19). The van der Waals surface area contributed by atoms with Crippen molar-refractivity contribution < 1.29 is 4.79 Å². The minimum absolute atomic E-state index is 0.0369. The van der Waals surface area contributed by atoms with Crippen LogP contribution in [0.15, 0.2) is 22.5 Å². The van der Waals surface area contributed by atoms with Crippen LogP contribution in [0.1, 0.15) is 39.5 Å². The molecule has 112 valence electrons. The van der Waals surface area contributed by atoms with Gasteiger partial charge in [0.15, 0.2) is 0 Å². The lowest BCUT2D eigenvalue weighted by Gasteiger charge is -2.24. The van der Waals surface area contributed by atoms with Gasteiger partial charge < -0.3 is 10.2 Å². The van der Waals surface area contributed by atoms with E-state index < -0.39 is 0 Å². The predicted octanol–water partition coefficient (Wildman–Crippen LogP) is 2.75. The van der Waals surface area contributed by atoms with Crippen LogP contribution in [0.5, 0.6) is 0 Å². The molecule has 20 heavy (non-hydrogen) atoms. The Hall–Kier alpha value is -1.36. The van der Waals surface area contributed by atoms with Gasteiger partial charge in [-0.25, -0.2) is 0 Å².